The van der Waals surface area contributed by atoms with E-state index in [0.717, 1.165) is 0 Å². The molecule has 0 heterocycles. The van der Waals surface area contributed by atoms with Crippen molar-refractivity contribution in [3.05, 3.63) is 75.8 Å². The molecular formula is C40H61LiSi3. The zero-order valence-electron chi connectivity index (χ0n) is 31.5. The minimum atomic E-state index is -0.726. The molecule has 0 atom stereocenters. The molecule has 0 amide bonds. The molecular weight excluding hydrogens is 572 g/mol. The van der Waals surface area contributed by atoms with Crippen LogP contribution in [0.2, 0.25) is 26.2 Å². The van der Waals surface area contributed by atoms with Gasteiger partial charge in [0.05, 0.1) is 0 Å². The van der Waals surface area contributed by atoms with E-state index >= 15 is 0 Å². The van der Waals surface area contributed by atoms with Crippen LogP contribution in [-0.4, -0.2) is 24.5 Å². The molecule has 44 heavy (non-hydrogen) atoms. The molecule has 0 aliphatic rings. The van der Waals surface area contributed by atoms with Gasteiger partial charge >= 0.3 is 18.9 Å². The van der Waals surface area contributed by atoms with E-state index in [0.29, 0.717) is 35.5 Å². The van der Waals surface area contributed by atoms with Crippen LogP contribution in [0, 0.1) is 0 Å². The predicted molar refractivity (Wildman–Crippen MR) is 202 cm³/mol. The third-order valence-electron chi connectivity index (χ3n) is 9.12. The van der Waals surface area contributed by atoms with Gasteiger partial charge in [-0.1, -0.05) is 152 Å². The van der Waals surface area contributed by atoms with Gasteiger partial charge in [0, 0.05) is 0 Å². The molecule has 3 rings (SSSR count). The summed E-state index contributed by atoms with van der Waals surface area (Å²) in [5, 5.41) is 1.76. The van der Waals surface area contributed by atoms with E-state index in [1.807, 2.05) is 0 Å². The Morgan fingerprint density at radius 1 is 0.455 bits per heavy atom. The Morgan fingerprint density at radius 2 is 0.727 bits per heavy atom. The summed E-state index contributed by atoms with van der Waals surface area (Å²) in [5.74, 6) is 2.95. The van der Waals surface area contributed by atoms with Gasteiger partial charge in [0.1, 0.15) is 0 Å². The first-order chi connectivity index (χ1) is 20.0. The minimum Gasteiger partial charge on any atom is -0.288 e. The van der Waals surface area contributed by atoms with Crippen molar-refractivity contribution in [3.8, 4) is 22.3 Å². The summed E-state index contributed by atoms with van der Waals surface area (Å²) in [6.07, 6.45) is 0. The number of rotatable bonds is 11. The SMILES string of the molecule is CC(C)c1cc(C(C)C)c(-c2cccc(-c3c(C(C)C)cc(C(C)C)cc3C(C)C)c2[Si-]([Si](C)C)[Si](C)C)c(C(C)C)c1.[Li+]. The largest absolute Gasteiger partial charge is 1.00 e. The molecule has 0 bridgehead atoms. The topological polar surface area (TPSA) is 0 Å². The van der Waals surface area contributed by atoms with Crippen molar-refractivity contribution in [2.24, 2.45) is 0 Å². The van der Waals surface area contributed by atoms with Gasteiger partial charge in [0.25, 0.3) is 0 Å². The van der Waals surface area contributed by atoms with Gasteiger partial charge in [-0.25, -0.2) is 0 Å². The summed E-state index contributed by atoms with van der Waals surface area (Å²) >= 11 is 0. The van der Waals surface area contributed by atoms with Crippen molar-refractivity contribution in [1.29, 1.82) is 0 Å². The standard InChI is InChI=1S/C40H61Si3.Li/c1-24(2)30-20-34(26(5)6)38(35(21-30)27(7)8)32-18-17-19-33(40(32)43(41(13)14)42(15)16)39-36(28(9)10)22-31(25(3)4)23-37(39)29(11)12;/h17-29H,1-16H3;/q-1;+1. The average Bonchev–Trinajstić information content (AvgIpc) is 2.91. The number of hydrogen-bond donors (Lipinski definition) is 0. The second kappa shape index (κ2) is 16.1. The average molecular weight is 633 g/mol. The molecule has 0 aromatic heterocycles. The van der Waals surface area contributed by atoms with Crippen LogP contribution in [0.5, 0.6) is 0 Å². The second-order valence-electron chi connectivity index (χ2n) is 15.2. The molecule has 4 heteroatoms. The van der Waals surface area contributed by atoms with E-state index in [2.05, 4.69) is 152 Å². The molecule has 0 nitrogen and oxygen atoms in total. The van der Waals surface area contributed by atoms with Crippen molar-refractivity contribution < 1.29 is 18.9 Å². The Bertz CT molecular complexity index is 1240. The second-order valence-corrected chi connectivity index (χ2v) is 30.9. The smallest absolute Gasteiger partial charge is 0.288 e. The van der Waals surface area contributed by atoms with Crippen molar-refractivity contribution in [1.82, 2.24) is 0 Å². The first-order valence-corrected chi connectivity index (χ1v) is 25.5. The maximum absolute atomic E-state index is 2.61. The van der Waals surface area contributed by atoms with Gasteiger partial charge in [0.15, 0.2) is 0 Å². The first-order valence-electron chi connectivity index (χ1n) is 17.0. The number of hydrogen-bond acceptors (Lipinski definition) is 0. The number of benzene rings is 3. The zero-order chi connectivity index (χ0) is 32.5. The van der Waals surface area contributed by atoms with E-state index in [4.69, 9.17) is 0 Å². The Balaban J connectivity index is 0.00000675. The maximum atomic E-state index is 2.61. The minimum absolute atomic E-state index is 0. The molecule has 3 aromatic rings. The van der Waals surface area contributed by atoms with Crippen LogP contribution in [0.15, 0.2) is 42.5 Å². The van der Waals surface area contributed by atoms with Crippen LogP contribution >= 0.6 is 0 Å². The van der Waals surface area contributed by atoms with Crippen molar-refractivity contribution in [3.63, 3.8) is 0 Å². The van der Waals surface area contributed by atoms with Gasteiger partial charge in [-0.15, -0.1) is 16.6 Å². The van der Waals surface area contributed by atoms with Crippen LogP contribution < -0.4 is 24.0 Å². The van der Waals surface area contributed by atoms with Gasteiger partial charge in [-0.3, -0.25) is 7.83 Å². The van der Waals surface area contributed by atoms with Crippen LogP contribution in [0.1, 0.15) is 152 Å². The van der Waals surface area contributed by atoms with Gasteiger partial charge in [-0.05, 0) is 91.1 Å². The summed E-state index contributed by atoms with van der Waals surface area (Å²) in [7, 11) is -1.74. The molecule has 0 aliphatic heterocycles. The van der Waals surface area contributed by atoms with Crippen LogP contribution in [0.3, 0.4) is 0 Å². The Hall–Kier alpha value is -1.09. The summed E-state index contributed by atoms with van der Waals surface area (Å²) in [5.41, 5.74) is 15.4. The van der Waals surface area contributed by atoms with Crippen LogP contribution in [0.4, 0.5) is 0 Å². The monoisotopic (exact) mass is 632 g/mol. The fourth-order valence-corrected chi connectivity index (χ4v) is 26.3. The van der Waals surface area contributed by atoms with Crippen LogP contribution in [0.25, 0.3) is 22.3 Å². The molecule has 0 saturated carbocycles. The predicted octanol–water partition coefficient (Wildman–Crippen LogP) is 9.13. The van der Waals surface area contributed by atoms with Crippen LogP contribution in [-0.2, 0) is 0 Å². The molecule has 234 valence electrons. The molecule has 0 unspecified atom stereocenters. The fourth-order valence-electron chi connectivity index (χ4n) is 6.77. The first kappa shape index (κ1) is 39.1. The molecule has 2 radical (unpaired) electrons. The van der Waals surface area contributed by atoms with E-state index in [9.17, 15) is 0 Å². The normalized spacial score (nSPS) is 12.2. The van der Waals surface area contributed by atoms with E-state index in [1.54, 1.807) is 49.7 Å². The third kappa shape index (κ3) is 8.24. The van der Waals surface area contributed by atoms with Gasteiger partial charge < -0.3 is 0 Å². The maximum Gasteiger partial charge on any atom is 1.00 e. The molecule has 3 aromatic carbocycles. The molecule has 0 fully saturated rings. The molecule has 0 saturated heterocycles. The van der Waals surface area contributed by atoms with Crippen molar-refractivity contribution in [2.45, 2.75) is 145 Å². The van der Waals surface area contributed by atoms with Gasteiger partial charge in [0.2, 0.25) is 0 Å². The zero-order valence-corrected chi connectivity index (χ0v) is 34.5. The Morgan fingerprint density at radius 3 is 0.932 bits per heavy atom. The van der Waals surface area contributed by atoms with Crippen molar-refractivity contribution >= 4 is 29.6 Å². The van der Waals surface area contributed by atoms with Crippen molar-refractivity contribution in [2.75, 3.05) is 0 Å². The molecule has 0 spiro atoms. The van der Waals surface area contributed by atoms with Gasteiger partial charge in [-0.2, -0.15) is 5.19 Å². The molecule has 0 N–H and O–H groups in total. The molecule has 0 aliphatic carbocycles. The summed E-state index contributed by atoms with van der Waals surface area (Å²) in [6, 6.07) is 17.7. The Kier molecular flexibility index (Phi) is 14.3. The summed E-state index contributed by atoms with van der Waals surface area (Å²) in [4.78, 5) is 0. The van der Waals surface area contributed by atoms with E-state index in [1.165, 1.54) is 11.1 Å². The van der Waals surface area contributed by atoms with E-state index < -0.39 is 24.5 Å². The summed E-state index contributed by atoms with van der Waals surface area (Å²) in [6.45, 7) is 39.1. The quantitative estimate of drug-likeness (QED) is 0.185. The summed E-state index contributed by atoms with van der Waals surface area (Å²) < 4.78 is 0. The Labute approximate surface area is 289 Å². The van der Waals surface area contributed by atoms with E-state index in [-0.39, 0.29) is 18.9 Å². The third-order valence-corrected chi connectivity index (χ3v) is 28.7. The fraction of sp³-hybridized carbons (Fsp3) is 0.550.